The number of carbonyl (C=O) groups is 2. The van der Waals surface area contributed by atoms with Crippen molar-refractivity contribution < 1.29 is 19.1 Å². The summed E-state index contributed by atoms with van der Waals surface area (Å²) in [4.78, 5) is 24.5. The predicted molar refractivity (Wildman–Crippen MR) is 134 cm³/mol. The Morgan fingerprint density at radius 1 is 1.00 bits per heavy atom. The number of ether oxygens (including phenoxy) is 2. The van der Waals surface area contributed by atoms with Gasteiger partial charge in [-0.1, -0.05) is 35.9 Å². The van der Waals surface area contributed by atoms with Crippen LogP contribution in [0.3, 0.4) is 0 Å². The molecule has 2 amide bonds. The Balaban J connectivity index is 1.66. The molecule has 0 spiro atoms. The standard InChI is InChI=1S/C26H26ClN3O4/c1-4-33-23-14-19(15-28-30-26(32)20-8-6-5-7-9-20)13-22(27)25(23)34-16-24(31)29-21-11-10-17(2)18(3)12-21/h5-15H,4,16H2,1-3H3,(H,29,31)(H,30,32)/b28-15+. The van der Waals surface area contributed by atoms with E-state index < -0.39 is 0 Å². The third-order valence-corrected chi connectivity index (χ3v) is 5.17. The van der Waals surface area contributed by atoms with E-state index >= 15 is 0 Å². The van der Waals surface area contributed by atoms with Gasteiger partial charge in [0.25, 0.3) is 11.8 Å². The first-order valence-corrected chi connectivity index (χ1v) is 11.1. The van der Waals surface area contributed by atoms with Crippen LogP contribution in [0.1, 0.15) is 34.0 Å². The number of anilines is 1. The van der Waals surface area contributed by atoms with E-state index in [1.165, 1.54) is 6.21 Å². The van der Waals surface area contributed by atoms with Crippen molar-refractivity contribution in [3.05, 3.63) is 87.9 Å². The van der Waals surface area contributed by atoms with E-state index in [-0.39, 0.29) is 29.2 Å². The second kappa shape index (κ2) is 11.9. The molecule has 0 heterocycles. The summed E-state index contributed by atoms with van der Waals surface area (Å²) in [6, 6.07) is 17.7. The molecule has 0 fully saturated rings. The van der Waals surface area contributed by atoms with E-state index in [1.54, 1.807) is 36.4 Å². The first-order valence-electron chi connectivity index (χ1n) is 10.7. The summed E-state index contributed by atoms with van der Waals surface area (Å²) in [5, 5.41) is 7.04. The molecule has 8 heteroatoms. The Labute approximate surface area is 203 Å². The Bertz CT molecular complexity index is 1200. The van der Waals surface area contributed by atoms with E-state index in [2.05, 4.69) is 15.8 Å². The van der Waals surface area contributed by atoms with Gasteiger partial charge in [-0.15, -0.1) is 0 Å². The van der Waals surface area contributed by atoms with E-state index in [4.69, 9.17) is 21.1 Å². The molecule has 0 bridgehead atoms. The maximum absolute atomic E-state index is 12.4. The van der Waals surface area contributed by atoms with Crippen molar-refractivity contribution in [2.45, 2.75) is 20.8 Å². The average molecular weight is 480 g/mol. The maximum atomic E-state index is 12.4. The zero-order chi connectivity index (χ0) is 24.5. The first kappa shape index (κ1) is 24.8. The number of halogens is 1. The lowest BCUT2D eigenvalue weighted by Crippen LogP contribution is -2.20. The number of amides is 2. The van der Waals surface area contributed by atoms with Crippen LogP contribution in [0.15, 0.2) is 65.8 Å². The summed E-state index contributed by atoms with van der Waals surface area (Å²) in [5.41, 5.74) is 6.47. The molecule has 2 N–H and O–H groups in total. The predicted octanol–water partition coefficient (Wildman–Crippen LogP) is 5.14. The smallest absolute Gasteiger partial charge is 0.271 e. The SMILES string of the molecule is CCOc1cc(/C=N/NC(=O)c2ccccc2)cc(Cl)c1OCC(=O)Nc1ccc(C)c(C)c1. The summed E-state index contributed by atoms with van der Waals surface area (Å²) < 4.78 is 11.3. The number of benzene rings is 3. The molecular weight excluding hydrogens is 454 g/mol. The van der Waals surface area contributed by atoms with Gasteiger partial charge in [-0.05, 0) is 73.9 Å². The summed E-state index contributed by atoms with van der Waals surface area (Å²) in [6.45, 7) is 5.94. The Morgan fingerprint density at radius 3 is 2.47 bits per heavy atom. The highest BCUT2D eigenvalue weighted by atomic mass is 35.5. The van der Waals surface area contributed by atoms with Crippen LogP contribution in [-0.2, 0) is 4.79 Å². The van der Waals surface area contributed by atoms with Gasteiger partial charge in [0.1, 0.15) is 0 Å². The summed E-state index contributed by atoms with van der Waals surface area (Å²) in [5.74, 6) is -0.0345. The van der Waals surface area contributed by atoms with Crippen LogP contribution in [0.25, 0.3) is 0 Å². The average Bonchev–Trinajstić information content (AvgIpc) is 2.81. The van der Waals surface area contributed by atoms with Gasteiger partial charge in [0.2, 0.25) is 0 Å². The van der Waals surface area contributed by atoms with Crippen LogP contribution in [-0.4, -0.2) is 31.2 Å². The van der Waals surface area contributed by atoms with Crippen molar-refractivity contribution in [3.63, 3.8) is 0 Å². The summed E-state index contributed by atoms with van der Waals surface area (Å²) >= 11 is 6.40. The third kappa shape index (κ3) is 6.83. The van der Waals surface area contributed by atoms with Gasteiger partial charge in [-0.3, -0.25) is 9.59 Å². The fourth-order valence-electron chi connectivity index (χ4n) is 3.04. The highest BCUT2D eigenvalue weighted by molar-refractivity contribution is 6.32. The second-order valence-electron chi connectivity index (χ2n) is 7.46. The van der Waals surface area contributed by atoms with Crippen LogP contribution in [0.5, 0.6) is 11.5 Å². The first-order chi connectivity index (χ1) is 16.4. The minimum absolute atomic E-state index is 0.243. The number of hydrogen-bond donors (Lipinski definition) is 2. The quantitative estimate of drug-likeness (QED) is 0.328. The van der Waals surface area contributed by atoms with Gasteiger partial charge in [0, 0.05) is 11.3 Å². The lowest BCUT2D eigenvalue weighted by molar-refractivity contribution is -0.118. The van der Waals surface area contributed by atoms with Gasteiger partial charge in [0.05, 0.1) is 17.8 Å². The number of nitrogens with zero attached hydrogens (tertiary/aromatic N) is 1. The normalized spacial score (nSPS) is 10.7. The zero-order valence-corrected chi connectivity index (χ0v) is 20.0. The fraction of sp³-hybridized carbons (Fsp3) is 0.192. The van der Waals surface area contributed by atoms with Gasteiger partial charge < -0.3 is 14.8 Å². The number of hydrazone groups is 1. The molecule has 3 aromatic rings. The molecule has 34 heavy (non-hydrogen) atoms. The minimum Gasteiger partial charge on any atom is -0.490 e. The molecule has 0 saturated heterocycles. The number of aryl methyl sites for hydroxylation is 2. The molecule has 7 nitrogen and oxygen atoms in total. The van der Waals surface area contributed by atoms with Crippen LogP contribution in [0.4, 0.5) is 5.69 Å². The number of hydrogen-bond acceptors (Lipinski definition) is 5. The molecule has 0 aliphatic carbocycles. The minimum atomic E-state index is -0.331. The van der Waals surface area contributed by atoms with E-state index in [0.717, 1.165) is 11.1 Å². The van der Waals surface area contributed by atoms with Crippen molar-refractivity contribution >= 4 is 35.3 Å². The number of carbonyl (C=O) groups excluding carboxylic acids is 2. The summed E-state index contributed by atoms with van der Waals surface area (Å²) in [7, 11) is 0. The highest BCUT2D eigenvalue weighted by Crippen LogP contribution is 2.36. The lowest BCUT2D eigenvalue weighted by Gasteiger charge is -2.14. The van der Waals surface area contributed by atoms with Crippen molar-refractivity contribution in [1.29, 1.82) is 0 Å². The summed E-state index contributed by atoms with van der Waals surface area (Å²) in [6.07, 6.45) is 1.45. The molecule has 176 valence electrons. The zero-order valence-electron chi connectivity index (χ0n) is 19.2. The van der Waals surface area contributed by atoms with Gasteiger partial charge in [-0.25, -0.2) is 5.43 Å². The second-order valence-corrected chi connectivity index (χ2v) is 7.87. The molecule has 0 atom stereocenters. The number of rotatable bonds is 9. The molecule has 0 unspecified atom stereocenters. The Hall–Kier alpha value is -3.84. The molecule has 0 aliphatic rings. The Morgan fingerprint density at radius 2 is 1.76 bits per heavy atom. The van der Waals surface area contributed by atoms with Crippen molar-refractivity contribution in [1.82, 2.24) is 5.43 Å². The highest BCUT2D eigenvalue weighted by Gasteiger charge is 2.14. The monoisotopic (exact) mass is 479 g/mol. The molecule has 3 aromatic carbocycles. The van der Waals surface area contributed by atoms with E-state index in [9.17, 15) is 9.59 Å². The molecular formula is C26H26ClN3O4. The molecule has 0 saturated carbocycles. The number of nitrogens with one attached hydrogen (secondary N) is 2. The van der Waals surface area contributed by atoms with Gasteiger partial charge in [-0.2, -0.15) is 5.10 Å². The van der Waals surface area contributed by atoms with Crippen LogP contribution in [0.2, 0.25) is 5.02 Å². The van der Waals surface area contributed by atoms with Gasteiger partial charge in [0.15, 0.2) is 18.1 Å². The van der Waals surface area contributed by atoms with Gasteiger partial charge >= 0.3 is 0 Å². The van der Waals surface area contributed by atoms with Crippen LogP contribution >= 0.6 is 11.6 Å². The van der Waals surface area contributed by atoms with Crippen molar-refractivity contribution in [2.24, 2.45) is 5.10 Å². The maximum Gasteiger partial charge on any atom is 0.271 e. The largest absolute Gasteiger partial charge is 0.490 e. The van der Waals surface area contributed by atoms with Crippen LogP contribution in [0, 0.1) is 13.8 Å². The molecule has 3 rings (SSSR count). The lowest BCUT2D eigenvalue weighted by atomic mass is 10.1. The van der Waals surface area contributed by atoms with Crippen molar-refractivity contribution in [2.75, 3.05) is 18.5 Å². The van der Waals surface area contributed by atoms with E-state index in [0.29, 0.717) is 29.2 Å². The fourth-order valence-corrected chi connectivity index (χ4v) is 3.31. The third-order valence-electron chi connectivity index (χ3n) is 4.89. The molecule has 0 radical (unpaired) electrons. The topological polar surface area (TPSA) is 89.0 Å². The molecule has 0 aromatic heterocycles. The van der Waals surface area contributed by atoms with Crippen LogP contribution < -0.4 is 20.2 Å². The Kier molecular flexibility index (Phi) is 8.65. The van der Waals surface area contributed by atoms with Crippen molar-refractivity contribution in [3.8, 4) is 11.5 Å². The van der Waals surface area contributed by atoms with E-state index in [1.807, 2.05) is 45.0 Å². The molecule has 0 aliphatic heterocycles.